The largest absolute Gasteiger partial charge is 0.328 e. The summed E-state index contributed by atoms with van der Waals surface area (Å²) in [6.45, 7) is 0. The van der Waals surface area contributed by atoms with E-state index in [4.69, 9.17) is 9.98 Å². The van der Waals surface area contributed by atoms with Crippen molar-refractivity contribution in [2.75, 3.05) is 0 Å². The summed E-state index contributed by atoms with van der Waals surface area (Å²) >= 11 is 0. The minimum absolute atomic E-state index is 0.00458. The first-order valence-electron chi connectivity index (χ1n) is 25.7. The van der Waals surface area contributed by atoms with Gasteiger partial charge in [-0.3, -0.25) is 0 Å². The molecule has 0 saturated carbocycles. The Kier molecular flexibility index (Phi) is 9.12. The normalized spacial score (nSPS) is 27.1. The standard InChI is InChI=1S/C65H53N5/c1-2-15-40(16-3-1)63-66-64(68-65(67-63)58-36-46-21-8-9-23-49(46)51-24-10-11-25-52(51)58)54-27-14-22-45-33-47(29-31-50(45)54)69-60-32-30-48(39-57(60)56-35-42-18-5-7-20-44(42)38-62(56)69)70-59-28-13-12-26-53(59)55-34-41-17-4-6-19-43(41)37-61(55)70/h1-3,5-16,19-29,31,33,35-39,41-42,46,49-50,54,65H,4,17-18,30,32,34H2,(H,66,67,68). The number of aliphatic imine (C=N–C) groups is 2. The van der Waals surface area contributed by atoms with Crippen LogP contribution in [0.5, 0.6) is 0 Å². The topological polar surface area (TPSA) is 46.6 Å². The minimum atomic E-state index is -0.377. The van der Waals surface area contributed by atoms with E-state index in [1.54, 1.807) is 0 Å². The number of rotatable bonds is 5. The third-order valence-corrected chi connectivity index (χ3v) is 16.8. The van der Waals surface area contributed by atoms with Crippen molar-refractivity contribution in [3.63, 3.8) is 0 Å². The van der Waals surface area contributed by atoms with E-state index in [0.29, 0.717) is 17.8 Å². The lowest BCUT2D eigenvalue weighted by molar-refractivity contribution is 0.558. The Balaban J connectivity index is 0.824. The van der Waals surface area contributed by atoms with E-state index >= 15 is 0 Å². The molecule has 1 N–H and O–H groups in total. The number of nitrogens with one attached hydrogen (secondary N) is 1. The lowest BCUT2D eigenvalue weighted by Crippen LogP contribution is -2.43. The molecule has 70 heavy (non-hydrogen) atoms. The van der Waals surface area contributed by atoms with Crippen LogP contribution >= 0.6 is 0 Å². The maximum Gasteiger partial charge on any atom is 0.169 e. The highest BCUT2D eigenvalue weighted by atomic mass is 15.2. The average Bonchev–Trinajstić information content (AvgIpc) is 3.92. The maximum absolute atomic E-state index is 5.58. The predicted molar refractivity (Wildman–Crippen MR) is 290 cm³/mol. The van der Waals surface area contributed by atoms with E-state index in [0.717, 1.165) is 42.9 Å². The van der Waals surface area contributed by atoms with Gasteiger partial charge in [0.05, 0.1) is 10.9 Å². The molecular weight excluding hydrogens is 851 g/mol. The number of para-hydroxylation sites is 1. The van der Waals surface area contributed by atoms with Gasteiger partial charge >= 0.3 is 0 Å². The van der Waals surface area contributed by atoms with E-state index in [2.05, 4.69) is 215 Å². The number of hydrogen-bond acceptors (Lipinski definition) is 3. The summed E-state index contributed by atoms with van der Waals surface area (Å²) in [5.41, 5.74) is 18.7. The second-order valence-electron chi connectivity index (χ2n) is 20.6. The maximum atomic E-state index is 5.58. The Morgan fingerprint density at radius 1 is 0.657 bits per heavy atom. The molecule has 9 aliphatic carbocycles. The molecule has 0 fully saturated rings. The molecule has 7 unspecified atom stereocenters. The van der Waals surface area contributed by atoms with Gasteiger partial charge in [0, 0.05) is 79.7 Å². The smallest absolute Gasteiger partial charge is 0.169 e. The first kappa shape index (κ1) is 40.2. The van der Waals surface area contributed by atoms with Crippen molar-refractivity contribution < 1.29 is 0 Å². The van der Waals surface area contributed by atoms with Crippen molar-refractivity contribution in [1.29, 1.82) is 0 Å². The van der Waals surface area contributed by atoms with Gasteiger partial charge in [-0.05, 0) is 114 Å². The van der Waals surface area contributed by atoms with Gasteiger partial charge in [-0.25, -0.2) is 9.98 Å². The van der Waals surface area contributed by atoms with Crippen LogP contribution in [0.1, 0.15) is 70.8 Å². The molecule has 338 valence electrons. The van der Waals surface area contributed by atoms with E-state index in [-0.39, 0.29) is 23.9 Å². The summed E-state index contributed by atoms with van der Waals surface area (Å²) in [6, 6.07) is 28.6. The highest BCUT2D eigenvalue weighted by Gasteiger charge is 2.37. The van der Waals surface area contributed by atoms with Gasteiger partial charge in [0.2, 0.25) is 0 Å². The predicted octanol–water partition coefficient (Wildman–Crippen LogP) is 12.2. The van der Waals surface area contributed by atoms with Crippen LogP contribution in [0.2, 0.25) is 0 Å². The van der Waals surface area contributed by atoms with Crippen molar-refractivity contribution in [3.8, 4) is 0 Å². The van der Waals surface area contributed by atoms with Crippen molar-refractivity contribution in [1.82, 2.24) is 14.5 Å². The van der Waals surface area contributed by atoms with Crippen LogP contribution in [0.25, 0.3) is 52.2 Å². The summed E-state index contributed by atoms with van der Waals surface area (Å²) in [7, 11) is 0. The summed E-state index contributed by atoms with van der Waals surface area (Å²) in [6.07, 6.45) is 53.6. The zero-order valence-electron chi connectivity index (χ0n) is 39.1. The molecule has 5 aromatic rings. The Morgan fingerprint density at radius 2 is 1.53 bits per heavy atom. The molecule has 0 radical (unpaired) electrons. The molecule has 0 amide bonds. The van der Waals surface area contributed by atoms with Gasteiger partial charge in [0.25, 0.3) is 0 Å². The molecule has 7 atom stereocenters. The van der Waals surface area contributed by atoms with E-state index in [1.165, 1.54) is 102 Å². The lowest BCUT2D eigenvalue weighted by Gasteiger charge is -2.35. The van der Waals surface area contributed by atoms with Crippen molar-refractivity contribution in [2.45, 2.75) is 50.6 Å². The van der Waals surface area contributed by atoms with Crippen molar-refractivity contribution in [2.24, 2.45) is 39.6 Å². The molecule has 5 heteroatoms. The van der Waals surface area contributed by atoms with Crippen LogP contribution in [0.15, 0.2) is 203 Å². The zero-order valence-corrected chi connectivity index (χ0v) is 39.1. The quantitative estimate of drug-likeness (QED) is 0.188. The molecule has 3 aromatic carbocycles. The third kappa shape index (κ3) is 6.30. The summed E-state index contributed by atoms with van der Waals surface area (Å²) in [5, 5.41) is 7.89. The zero-order chi connectivity index (χ0) is 45.9. The highest BCUT2D eigenvalue weighted by Crippen LogP contribution is 2.46. The van der Waals surface area contributed by atoms with Crippen LogP contribution in [-0.2, 0) is 12.8 Å². The Hall–Kier alpha value is -7.76. The monoisotopic (exact) mass is 903 g/mol. The first-order chi connectivity index (χ1) is 34.7. The van der Waals surface area contributed by atoms with Crippen LogP contribution in [0.4, 0.5) is 0 Å². The van der Waals surface area contributed by atoms with Gasteiger partial charge in [0.15, 0.2) is 6.17 Å². The van der Waals surface area contributed by atoms with Crippen LogP contribution in [0, 0.1) is 29.6 Å². The summed E-state index contributed by atoms with van der Waals surface area (Å²) in [5.74, 6) is 3.53. The first-order valence-corrected chi connectivity index (χ1v) is 25.7. The van der Waals surface area contributed by atoms with Crippen LogP contribution in [-0.4, -0.2) is 27.0 Å². The summed E-state index contributed by atoms with van der Waals surface area (Å²) < 4.78 is 5.23. The van der Waals surface area contributed by atoms with E-state index in [1.807, 2.05) is 0 Å². The molecular formula is C65H53N5. The van der Waals surface area contributed by atoms with E-state index < -0.39 is 0 Å². The Bertz CT molecular complexity index is 3720. The van der Waals surface area contributed by atoms with Crippen molar-refractivity contribution in [3.05, 3.63) is 243 Å². The number of allylic oxidation sites excluding steroid dienone is 20. The number of nitrogens with zero attached hydrogens (tertiary/aromatic N) is 4. The Labute approximate surface area is 409 Å². The summed E-state index contributed by atoms with van der Waals surface area (Å²) in [4.78, 5) is 11.0. The Morgan fingerprint density at radius 3 is 2.50 bits per heavy atom. The second kappa shape index (κ2) is 15.9. The van der Waals surface area contributed by atoms with Crippen LogP contribution < -0.4 is 15.9 Å². The fourth-order valence-corrected chi connectivity index (χ4v) is 13.4. The fraction of sp³-hybridized carbons (Fsp3) is 0.200. The van der Waals surface area contributed by atoms with Crippen LogP contribution in [0.3, 0.4) is 0 Å². The number of benzene rings is 3. The molecule has 10 aliphatic rings. The number of aromatic nitrogens is 2. The fourth-order valence-electron chi connectivity index (χ4n) is 13.4. The highest BCUT2D eigenvalue weighted by molar-refractivity contribution is 6.12. The number of hydrogen-bond donors (Lipinski definition) is 1. The van der Waals surface area contributed by atoms with Gasteiger partial charge < -0.3 is 14.5 Å². The third-order valence-electron chi connectivity index (χ3n) is 16.8. The molecule has 0 saturated heterocycles. The molecule has 2 aromatic heterocycles. The SMILES string of the molecule is C1=CCC2C=c3c4c(n(C5=CC6=CC=CC(C7=NC(C8=CC9C=CC=CC9c9ccccc98)N=C(c8ccccc8)N7)C6C=C5)c3=CC2=C1)CCC(n1c2c(c3ccccc31)CC1CCC=CC1=C2)=C4. The number of fused-ring (bicyclic) bond motifs is 12. The number of amidine groups is 2. The van der Waals surface area contributed by atoms with Gasteiger partial charge in [-0.15, -0.1) is 0 Å². The van der Waals surface area contributed by atoms with Gasteiger partial charge in [0.1, 0.15) is 11.7 Å². The second-order valence-corrected chi connectivity index (χ2v) is 20.6. The molecule has 15 rings (SSSR count). The molecule has 1 aliphatic heterocycles. The average molecular weight is 904 g/mol. The van der Waals surface area contributed by atoms with E-state index in [9.17, 15) is 0 Å². The molecule has 0 bridgehead atoms. The minimum Gasteiger partial charge on any atom is -0.328 e. The van der Waals surface area contributed by atoms with Gasteiger partial charge in [-0.2, -0.15) is 0 Å². The molecule has 0 spiro atoms. The van der Waals surface area contributed by atoms with Gasteiger partial charge in [-0.1, -0.05) is 164 Å². The lowest BCUT2D eigenvalue weighted by atomic mass is 9.74. The molecule has 5 nitrogen and oxygen atoms in total. The van der Waals surface area contributed by atoms with Crippen molar-refractivity contribution >= 4 is 63.8 Å². The molecule has 3 heterocycles.